The summed E-state index contributed by atoms with van der Waals surface area (Å²) in [6, 6.07) is 1.25. The van der Waals surface area contributed by atoms with Gasteiger partial charge in [-0.3, -0.25) is 14.3 Å². The number of fused-ring (bicyclic) bond motifs is 2. The number of aliphatic hydroxyl groups excluding tert-OH is 1. The highest BCUT2D eigenvalue weighted by Gasteiger charge is 2.61. The van der Waals surface area contributed by atoms with Crippen molar-refractivity contribution in [3.05, 3.63) is 33.1 Å². The summed E-state index contributed by atoms with van der Waals surface area (Å²) in [7, 11) is 0. The topological polar surface area (TPSA) is 93.6 Å². The molecule has 2 aliphatic heterocycles. The van der Waals surface area contributed by atoms with Crippen molar-refractivity contribution in [2.75, 3.05) is 26.1 Å². The summed E-state index contributed by atoms with van der Waals surface area (Å²) in [4.78, 5) is 25.3. The summed E-state index contributed by atoms with van der Waals surface area (Å²) in [5.41, 5.74) is -1.83. The molecule has 2 bridgehead atoms. The fraction of sp³-hybridized carbons (Fsp3) is 0.643. The Kier molecular flexibility index (Phi) is 3.72. The standard InChI is InChI=1S/C14H21N2O5P/c1-22(2,3)7-5-14-8-20-10(11(14)18)12(21-14)16-6-4-9(17)15-13(16)19/h4,6,10-12,18H,1,5,7-8H2,2-3H3,(H,15,17,19)/t10-,11+,12?,14+/m1/s1. The van der Waals surface area contributed by atoms with Crippen LogP contribution in [0, 0.1) is 0 Å². The fourth-order valence-electron chi connectivity index (χ4n) is 2.98. The lowest BCUT2D eigenvalue weighted by Gasteiger charge is -2.32. The van der Waals surface area contributed by atoms with E-state index >= 15 is 0 Å². The number of aromatic amines is 1. The Bertz CT molecular complexity index is 735. The van der Waals surface area contributed by atoms with E-state index in [1.807, 2.05) is 0 Å². The fourth-order valence-corrected chi connectivity index (χ4v) is 3.96. The van der Waals surface area contributed by atoms with Gasteiger partial charge in [-0.25, -0.2) is 4.79 Å². The zero-order chi connectivity index (χ0) is 16.1. The molecule has 2 aliphatic rings. The Hall–Kier alpha value is -1.14. The van der Waals surface area contributed by atoms with Gasteiger partial charge in [0.1, 0.15) is 17.8 Å². The van der Waals surface area contributed by atoms with Gasteiger partial charge in [0.25, 0.3) is 5.56 Å². The molecule has 4 atom stereocenters. The lowest BCUT2D eigenvalue weighted by Crippen LogP contribution is -2.42. The SMILES string of the molecule is C=P(C)(C)CC[C@@]12CO[C@@H](C(n3ccc(=O)[nH]c3=O)O1)[C@@H]2O. The molecule has 0 saturated carbocycles. The molecule has 0 radical (unpaired) electrons. The van der Waals surface area contributed by atoms with Gasteiger partial charge in [0.2, 0.25) is 0 Å². The third kappa shape index (κ3) is 2.63. The van der Waals surface area contributed by atoms with Gasteiger partial charge in [0.15, 0.2) is 6.23 Å². The molecule has 7 nitrogen and oxygen atoms in total. The van der Waals surface area contributed by atoms with Crippen molar-refractivity contribution in [1.29, 1.82) is 0 Å². The molecule has 0 amide bonds. The Morgan fingerprint density at radius 1 is 1.55 bits per heavy atom. The van der Waals surface area contributed by atoms with E-state index in [2.05, 4.69) is 24.6 Å². The van der Waals surface area contributed by atoms with Crippen molar-refractivity contribution < 1.29 is 14.6 Å². The summed E-state index contributed by atoms with van der Waals surface area (Å²) >= 11 is 0. The van der Waals surface area contributed by atoms with Gasteiger partial charge in [0, 0.05) is 12.3 Å². The Balaban J connectivity index is 1.88. The monoisotopic (exact) mass is 328 g/mol. The molecule has 3 heterocycles. The smallest absolute Gasteiger partial charge is 0.330 e. The highest BCUT2D eigenvalue weighted by Crippen LogP contribution is 2.49. The maximum Gasteiger partial charge on any atom is 0.330 e. The van der Waals surface area contributed by atoms with Gasteiger partial charge in [-0.2, -0.15) is 0 Å². The van der Waals surface area contributed by atoms with E-state index in [-0.39, 0.29) is 0 Å². The molecule has 2 fully saturated rings. The van der Waals surface area contributed by atoms with Gasteiger partial charge < -0.3 is 14.6 Å². The van der Waals surface area contributed by atoms with Crippen molar-refractivity contribution in [3.63, 3.8) is 0 Å². The zero-order valence-corrected chi connectivity index (χ0v) is 13.6. The number of rotatable bonds is 4. The number of aromatic nitrogens is 2. The van der Waals surface area contributed by atoms with E-state index in [9.17, 15) is 14.7 Å². The lowest BCUT2D eigenvalue weighted by atomic mass is 9.96. The molecule has 0 spiro atoms. The van der Waals surface area contributed by atoms with Crippen LogP contribution in [0.1, 0.15) is 12.6 Å². The van der Waals surface area contributed by atoms with Crippen LogP contribution in [0.4, 0.5) is 0 Å². The van der Waals surface area contributed by atoms with Crippen LogP contribution >= 0.6 is 6.89 Å². The Morgan fingerprint density at radius 3 is 2.91 bits per heavy atom. The van der Waals surface area contributed by atoms with E-state index in [1.165, 1.54) is 16.8 Å². The Labute approximate surface area is 127 Å². The predicted molar refractivity (Wildman–Crippen MR) is 85.3 cm³/mol. The van der Waals surface area contributed by atoms with E-state index in [4.69, 9.17) is 9.47 Å². The van der Waals surface area contributed by atoms with Crippen molar-refractivity contribution in [1.82, 2.24) is 9.55 Å². The minimum absolute atomic E-state index is 0.313. The second kappa shape index (κ2) is 5.20. The maximum atomic E-state index is 11.9. The highest BCUT2D eigenvalue weighted by molar-refractivity contribution is 7.72. The van der Waals surface area contributed by atoms with Crippen molar-refractivity contribution in [2.24, 2.45) is 0 Å². The molecule has 122 valence electrons. The van der Waals surface area contributed by atoms with E-state index < -0.39 is 42.2 Å². The average molecular weight is 328 g/mol. The van der Waals surface area contributed by atoms with Crippen LogP contribution in [0.3, 0.4) is 0 Å². The van der Waals surface area contributed by atoms with Crippen molar-refractivity contribution in [2.45, 2.75) is 30.5 Å². The minimum Gasteiger partial charge on any atom is -0.387 e. The first kappa shape index (κ1) is 15.7. The normalized spacial score (nSPS) is 34.2. The predicted octanol–water partition coefficient (Wildman–Crippen LogP) is -0.337. The number of ether oxygens (including phenoxy) is 2. The first-order chi connectivity index (χ1) is 10.2. The Morgan fingerprint density at radius 2 is 2.27 bits per heavy atom. The number of nitrogens with zero attached hydrogens (tertiary/aromatic N) is 1. The van der Waals surface area contributed by atoms with Gasteiger partial charge in [-0.1, -0.05) is 0 Å². The molecular formula is C14H21N2O5P. The van der Waals surface area contributed by atoms with Crippen molar-refractivity contribution >= 4 is 13.2 Å². The number of hydrogen-bond donors (Lipinski definition) is 2. The molecule has 1 aromatic rings. The summed E-state index contributed by atoms with van der Waals surface area (Å²) in [5, 5.41) is 10.5. The van der Waals surface area contributed by atoms with E-state index in [1.54, 1.807) is 0 Å². The van der Waals surface area contributed by atoms with Crippen LogP contribution in [-0.2, 0) is 9.47 Å². The van der Waals surface area contributed by atoms with Gasteiger partial charge in [-0.05, 0) is 25.9 Å². The number of aliphatic hydroxyl groups is 1. The van der Waals surface area contributed by atoms with Crippen LogP contribution < -0.4 is 11.2 Å². The quantitative estimate of drug-likeness (QED) is 0.738. The summed E-state index contributed by atoms with van der Waals surface area (Å²) < 4.78 is 12.9. The third-order valence-electron chi connectivity index (χ3n) is 4.27. The maximum absolute atomic E-state index is 11.9. The highest BCUT2D eigenvalue weighted by atomic mass is 31.2. The van der Waals surface area contributed by atoms with Crippen LogP contribution in [-0.4, -0.2) is 64.9 Å². The van der Waals surface area contributed by atoms with Crippen LogP contribution in [0.25, 0.3) is 0 Å². The molecular weight excluding hydrogens is 307 g/mol. The molecule has 0 aromatic carbocycles. The summed E-state index contributed by atoms with van der Waals surface area (Å²) in [6.07, 6.45) is 4.94. The number of hydrogen-bond acceptors (Lipinski definition) is 5. The molecule has 22 heavy (non-hydrogen) atoms. The molecule has 2 N–H and O–H groups in total. The first-order valence-electron chi connectivity index (χ1n) is 7.18. The van der Waals surface area contributed by atoms with Gasteiger partial charge >= 0.3 is 5.69 Å². The minimum atomic E-state index is -1.25. The molecule has 1 unspecified atom stereocenters. The number of nitrogens with one attached hydrogen (secondary N) is 1. The summed E-state index contributed by atoms with van der Waals surface area (Å²) in [5.74, 6) is 0. The second-order valence-corrected chi connectivity index (χ2v) is 11.0. The van der Waals surface area contributed by atoms with Crippen LogP contribution in [0.15, 0.2) is 21.9 Å². The first-order valence-corrected chi connectivity index (χ1v) is 10.2. The van der Waals surface area contributed by atoms with Crippen LogP contribution in [0.5, 0.6) is 0 Å². The third-order valence-corrected chi connectivity index (χ3v) is 5.71. The van der Waals surface area contributed by atoms with Gasteiger partial charge in [0.05, 0.1) is 6.61 Å². The van der Waals surface area contributed by atoms with E-state index in [0.717, 1.165) is 6.16 Å². The number of H-pyrrole nitrogens is 1. The molecule has 3 rings (SSSR count). The van der Waals surface area contributed by atoms with Crippen molar-refractivity contribution in [3.8, 4) is 0 Å². The second-order valence-electron chi connectivity index (χ2n) is 6.72. The van der Waals surface area contributed by atoms with Gasteiger partial charge in [-0.15, -0.1) is 13.2 Å². The average Bonchev–Trinajstić information content (AvgIpc) is 2.87. The molecule has 1 aromatic heterocycles. The van der Waals surface area contributed by atoms with Crippen LogP contribution in [0.2, 0.25) is 0 Å². The molecule has 2 saturated heterocycles. The largest absolute Gasteiger partial charge is 0.387 e. The molecule has 8 heteroatoms. The summed E-state index contributed by atoms with van der Waals surface area (Å²) in [6.45, 7) is 3.31. The zero-order valence-electron chi connectivity index (χ0n) is 12.7. The molecule has 0 aliphatic carbocycles. The van der Waals surface area contributed by atoms with E-state index in [0.29, 0.717) is 13.0 Å². The lowest BCUT2D eigenvalue weighted by molar-refractivity contribution is -0.175.